The van der Waals surface area contributed by atoms with Crippen molar-refractivity contribution in [2.75, 3.05) is 26.8 Å². The number of ether oxygens (including phenoxy) is 1. The maximum absolute atomic E-state index is 13.1. The molecule has 1 saturated heterocycles. The number of methoxy groups -OCH3 is 1. The Labute approximate surface area is 163 Å². The number of carbonyl (C=O) groups excluding carboxylic acids is 1. The number of aryl methyl sites for hydroxylation is 2. The molecule has 5 nitrogen and oxygen atoms in total. The summed E-state index contributed by atoms with van der Waals surface area (Å²) in [5, 5.41) is 1.93. The largest absolute Gasteiger partial charge is 0.384 e. The quantitative estimate of drug-likeness (QED) is 0.679. The minimum atomic E-state index is 0.0898. The summed E-state index contributed by atoms with van der Waals surface area (Å²) in [5.74, 6) is 0.516. The smallest absolute Gasteiger partial charge is 0.271 e. The van der Waals surface area contributed by atoms with E-state index in [2.05, 4.69) is 32.0 Å². The Hall–Kier alpha value is -2.18. The van der Waals surface area contributed by atoms with E-state index in [-0.39, 0.29) is 5.91 Å². The van der Waals surface area contributed by atoms with Gasteiger partial charge in [0.1, 0.15) is 5.69 Å². The molecule has 1 unspecified atom stereocenters. The normalized spacial score (nSPS) is 17.6. The fourth-order valence-corrected chi connectivity index (χ4v) is 4.71. The van der Waals surface area contributed by atoms with Crippen molar-refractivity contribution in [3.8, 4) is 11.3 Å². The zero-order valence-electron chi connectivity index (χ0n) is 16.1. The van der Waals surface area contributed by atoms with Gasteiger partial charge in [-0.3, -0.25) is 9.20 Å². The van der Waals surface area contributed by atoms with Crippen LogP contribution < -0.4 is 0 Å². The molecular formula is C21H25N3O2S. The number of aromatic nitrogens is 2. The van der Waals surface area contributed by atoms with Gasteiger partial charge in [0.25, 0.3) is 5.91 Å². The summed E-state index contributed by atoms with van der Waals surface area (Å²) in [4.78, 5) is 20.7. The van der Waals surface area contributed by atoms with Gasteiger partial charge in [0.05, 0.1) is 12.3 Å². The molecule has 4 rings (SSSR count). The number of hydrogen-bond donors (Lipinski definition) is 0. The molecule has 0 radical (unpaired) electrons. The van der Waals surface area contributed by atoms with E-state index in [1.807, 2.05) is 20.9 Å². The predicted molar refractivity (Wildman–Crippen MR) is 108 cm³/mol. The van der Waals surface area contributed by atoms with Crippen LogP contribution >= 0.6 is 11.3 Å². The van der Waals surface area contributed by atoms with E-state index in [1.165, 1.54) is 22.5 Å². The van der Waals surface area contributed by atoms with E-state index >= 15 is 0 Å². The lowest BCUT2D eigenvalue weighted by molar-refractivity contribution is 0.0565. The summed E-state index contributed by atoms with van der Waals surface area (Å²) >= 11 is 1.52. The van der Waals surface area contributed by atoms with E-state index in [1.54, 1.807) is 7.11 Å². The second-order valence-corrected chi connectivity index (χ2v) is 8.27. The van der Waals surface area contributed by atoms with Crippen molar-refractivity contribution in [2.24, 2.45) is 5.92 Å². The molecule has 6 heteroatoms. The highest BCUT2D eigenvalue weighted by Crippen LogP contribution is 2.28. The second-order valence-electron chi connectivity index (χ2n) is 7.43. The predicted octanol–water partition coefficient (Wildman–Crippen LogP) is 4.18. The summed E-state index contributed by atoms with van der Waals surface area (Å²) in [6.45, 7) is 6.48. The van der Waals surface area contributed by atoms with Crippen LogP contribution in [0.2, 0.25) is 0 Å². The first kappa shape index (κ1) is 18.2. The minimum Gasteiger partial charge on any atom is -0.384 e. The van der Waals surface area contributed by atoms with Gasteiger partial charge in [-0.05, 0) is 44.2 Å². The van der Waals surface area contributed by atoms with Crippen molar-refractivity contribution >= 4 is 22.2 Å². The van der Waals surface area contributed by atoms with Crippen molar-refractivity contribution in [2.45, 2.75) is 26.7 Å². The van der Waals surface area contributed by atoms with Crippen molar-refractivity contribution in [3.63, 3.8) is 0 Å². The Balaban J connectivity index is 1.64. The summed E-state index contributed by atoms with van der Waals surface area (Å²) in [7, 11) is 1.73. The van der Waals surface area contributed by atoms with Gasteiger partial charge in [-0.1, -0.05) is 17.7 Å². The molecule has 142 valence electrons. The zero-order valence-corrected chi connectivity index (χ0v) is 16.9. The molecule has 0 saturated carbocycles. The highest BCUT2D eigenvalue weighted by molar-refractivity contribution is 7.15. The first-order valence-corrected chi connectivity index (χ1v) is 10.3. The Bertz CT molecular complexity index is 973. The monoisotopic (exact) mass is 383 g/mol. The van der Waals surface area contributed by atoms with Crippen LogP contribution in [0, 0.1) is 19.8 Å². The molecule has 1 fully saturated rings. The molecule has 27 heavy (non-hydrogen) atoms. The fourth-order valence-electron chi connectivity index (χ4n) is 3.86. The average Bonchev–Trinajstić information content (AvgIpc) is 3.24. The molecule has 0 bridgehead atoms. The third kappa shape index (κ3) is 3.51. The van der Waals surface area contributed by atoms with Gasteiger partial charge in [0.2, 0.25) is 0 Å². The van der Waals surface area contributed by atoms with Gasteiger partial charge in [-0.15, -0.1) is 11.3 Å². The van der Waals surface area contributed by atoms with Gasteiger partial charge in [-0.25, -0.2) is 4.98 Å². The van der Waals surface area contributed by atoms with Gasteiger partial charge < -0.3 is 9.64 Å². The number of hydrogen-bond acceptors (Lipinski definition) is 4. The van der Waals surface area contributed by atoms with Crippen LogP contribution in [0.5, 0.6) is 0 Å². The number of thiazole rings is 1. The van der Waals surface area contributed by atoms with Crippen LogP contribution in [0.15, 0.2) is 29.8 Å². The Kier molecular flexibility index (Phi) is 5.02. The highest BCUT2D eigenvalue weighted by Gasteiger charge is 2.26. The molecule has 3 heterocycles. The van der Waals surface area contributed by atoms with Crippen molar-refractivity contribution < 1.29 is 9.53 Å². The van der Waals surface area contributed by atoms with Crippen LogP contribution in [0.25, 0.3) is 16.2 Å². The Morgan fingerprint density at radius 3 is 3.04 bits per heavy atom. The third-order valence-electron chi connectivity index (χ3n) is 5.31. The lowest BCUT2D eigenvalue weighted by atomic mass is 9.99. The number of carbonyl (C=O) groups is 1. The maximum Gasteiger partial charge on any atom is 0.271 e. The molecule has 2 aromatic heterocycles. The van der Waals surface area contributed by atoms with Crippen LogP contribution in [0.3, 0.4) is 0 Å². The van der Waals surface area contributed by atoms with Crippen LogP contribution in [0.1, 0.15) is 34.5 Å². The van der Waals surface area contributed by atoms with Crippen LogP contribution in [0.4, 0.5) is 0 Å². The molecule has 3 aromatic rings. The summed E-state index contributed by atoms with van der Waals surface area (Å²) in [5.41, 5.74) is 5.16. The Morgan fingerprint density at radius 1 is 1.37 bits per heavy atom. The molecule has 0 spiro atoms. The minimum absolute atomic E-state index is 0.0898. The van der Waals surface area contributed by atoms with E-state index in [4.69, 9.17) is 9.72 Å². The van der Waals surface area contributed by atoms with Gasteiger partial charge in [0, 0.05) is 37.3 Å². The van der Waals surface area contributed by atoms with Crippen LogP contribution in [-0.4, -0.2) is 47.0 Å². The van der Waals surface area contributed by atoms with E-state index in [0.29, 0.717) is 18.2 Å². The number of nitrogens with zero attached hydrogens (tertiary/aromatic N) is 3. The molecular weight excluding hydrogens is 358 g/mol. The zero-order chi connectivity index (χ0) is 19.0. The number of rotatable bonds is 4. The Morgan fingerprint density at radius 2 is 2.22 bits per heavy atom. The SMILES string of the molecule is COCC1CCCN(C(=O)c2csc3nc(-c4cc(C)ccc4C)cn23)C1. The average molecular weight is 384 g/mol. The van der Waals surface area contributed by atoms with Gasteiger partial charge >= 0.3 is 0 Å². The second kappa shape index (κ2) is 7.44. The highest BCUT2D eigenvalue weighted by atomic mass is 32.1. The van der Waals surface area contributed by atoms with Crippen molar-refractivity contribution in [3.05, 3.63) is 46.6 Å². The third-order valence-corrected chi connectivity index (χ3v) is 6.15. The topological polar surface area (TPSA) is 46.8 Å². The van der Waals surface area contributed by atoms with Crippen molar-refractivity contribution in [1.29, 1.82) is 0 Å². The number of benzene rings is 1. The first-order chi connectivity index (χ1) is 13.1. The first-order valence-electron chi connectivity index (χ1n) is 9.39. The number of piperidine rings is 1. The van der Waals surface area contributed by atoms with Gasteiger partial charge in [-0.2, -0.15) is 0 Å². The molecule has 1 amide bonds. The molecule has 0 N–H and O–H groups in total. The summed E-state index contributed by atoms with van der Waals surface area (Å²) in [6, 6.07) is 6.39. The van der Waals surface area contributed by atoms with E-state index in [0.717, 1.165) is 42.1 Å². The molecule has 1 atom stereocenters. The number of likely N-dealkylation sites (tertiary alicyclic amines) is 1. The molecule has 1 aliphatic rings. The molecule has 1 aromatic carbocycles. The van der Waals surface area contributed by atoms with E-state index < -0.39 is 0 Å². The summed E-state index contributed by atoms with van der Waals surface area (Å²) < 4.78 is 7.24. The standard InChI is InChI=1S/C21H25N3O2S/c1-14-6-7-15(2)17(9-14)18-11-24-19(13-27-21(24)22-18)20(25)23-8-4-5-16(10-23)12-26-3/h6-7,9,11,13,16H,4-5,8,10,12H2,1-3H3. The lowest BCUT2D eigenvalue weighted by Gasteiger charge is -2.32. The van der Waals surface area contributed by atoms with Gasteiger partial charge in [0.15, 0.2) is 4.96 Å². The summed E-state index contributed by atoms with van der Waals surface area (Å²) in [6.07, 6.45) is 4.15. The number of fused-ring (bicyclic) bond motifs is 1. The molecule has 0 aliphatic carbocycles. The maximum atomic E-state index is 13.1. The molecule has 1 aliphatic heterocycles. The number of amides is 1. The van der Waals surface area contributed by atoms with Crippen LogP contribution in [-0.2, 0) is 4.74 Å². The number of imidazole rings is 1. The lowest BCUT2D eigenvalue weighted by Crippen LogP contribution is -2.41. The fraction of sp³-hybridized carbons (Fsp3) is 0.429. The van der Waals surface area contributed by atoms with E-state index in [9.17, 15) is 4.79 Å². The van der Waals surface area contributed by atoms with Crippen molar-refractivity contribution in [1.82, 2.24) is 14.3 Å².